The van der Waals surface area contributed by atoms with Crippen LogP contribution in [0.2, 0.25) is 0 Å². The van der Waals surface area contributed by atoms with Crippen LogP contribution >= 0.6 is 24.8 Å². The van der Waals surface area contributed by atoms with Gasteiger partial charge in [-0.2, -0.15) is 0 Å². The van der Waals surface area contributed by atoms with Gasteiger partial charge in [0.2, 0.25) is 5.91 Å². The van der Waals surface area contributed by atoms with E-state index < -0.39 is 0 Å². The lowest BCUT2D eigenvalue weighted by atomic mass is 10.1. The zero-order valence-electron chi connectivity index (χ0n) is 13.6. The molecule has 130 valence electrons. The number of rotatable bonds is 5. The number of benzene rings is 1. The van der Waals surface area contributed by atoms with Crippen molar-refractivity contribution in [2.24, 2.45) is 11.7 Å². The molecule has 1 unspecified atom stereocenters. The summed E-state index contributed by atoms with van der Waals surface area (Å²) in [5.74, 6) is 1.06. The van der Waals surface area contributed by atoms with Gasteiger partial charge in [-0.25, -0.2) is 0 Å². The Hall–Kier alpha value is -0.970. The molecule has 3 rings (SSSR count). The van der Waals surface area contributed by atoms with E-state index in [1.807, 2.05) is 17.9 Å². The lowest BCUT2D eigenvalue weighted by Gasteiger charge is -2.38. The molecule has 0 radical (unpaired) electrons. The van der Waals surface area contributed by atoms with Crippen LogP contribution in [0.5, 0.6) is 0 Å². The minimum Gasteiger partial charge on any atom is -0.368 e. The Bertz CT molecular complexity index is 520. The van der Waals surface area contributed by atoms with Gasteiger partial charge in [-0.3, -0.25) is 4.79 Å². The van der Waals surface area contributed by atoms with Gasteiger partial charge in [0.05, 0.1) is 11.4 Å². The highest BCUT2D eigenvalue weighted by Gasteiger charge is 2.30. The number of amides is 1. The first kappa shape index (κ1) is 20.1. The maximum absolute atomic E-state index is 12.5. The topological polar surface area (TPSA) is 49.6 Å². The summed E-state index contributed by atoms with van der Waals surface area (Å²) in [5.41, 5.74) is 8.05. The Morgan fingerprint density at radius 3 is 2.48 bits per heavy atom. The van der Waals surface area contributed by atoms with Crippen LogP contribution in [-0.4, -0.2) is 31.6 Å². The minimum atomic E-state index is 0. The van der Waals surface area contributed by atoms with Crippen LogP contribution in [0, 0.1) is 5.92 Å². The predicted molar refractivity (Wildman–Crippen MR) is 101 cm³/mol. The summed E-state index contributed by atoms with van der Waals surface area (Å²) in [6.07, 6.45) is 4.00. The van der Waals surface area contributed by atoms with Gasteiger partial charge in [0.25, 0.3) is 0 Å². The van der Waals surface area contributed by atoms with E-state index in [1.165, 1.54) is 18.5 Å². The molecule has 6 heteroatoms. The molecule has 1 aliphatic heterocycles. The molecule has 0 saturated heterocycles. The molecule has 0 aromatic heterocycles. The highest BCUT2D eigenvalue weighted by atomic mass is 35.5. The second kappa shape index (κ2) is 8.76. The van der Waals surface area contributed by atoms with Gasteiger partial charge < -0.3 is 15.5 Å². The molecule has 4 nitrogen and oxygen atoms in total. The van der Waals surface area contributed by atoms with E-state index in [-0.39, 0.29) is 36.8 Å². The molecule has 1 aromatic carbocycles. The number of anilines is 2. The molecule has 2 aliphatic rings. The number of hydrogen-bond acceptors (Lipinski definition) is 3. The van der Waals surface area contributed by atoms with Crippen LogP contribution < -0.4 is 15.5 Å². The molecule has 1 amide bonds. The molecule has 0 bridgehead atoms. The lowest BCUT2D eigenvalue weighted by Crippen LogP contribution is -2.45. The number of nitrogens with two attached hydrogens (primary N) is 1. The first-order chi connectivity index (χ1) is 10.1. The normalized spacial score (nSPS) is 17.7. The van der Waals surface area contributed by atoms with E-state index in [2.05, 4.69) is 23.1 Å². The first-order valence-electron chi connectivity index (χ1n) is 8.05. The minimum absolute atomic E-state index is 0. The van der Waals surface area contributed by atoms with Crippen molar-refractivity contribution in [1.29, 1.82) is 0 Å². The molecule has 1 heterocycles. The molecule has 1 aromatic rings. The van der Waals surface area contributed by atoms with Crippen molar-refractivity contribution in [3.63, 3.8) is 0 Å². The summed E-state index contributed by atoms with van der Waals surface area (Å²) >= 11 is 0. The van der Waals surface area contributed by atoms with Crippen molar-refractivity contribution in [2.75, 3.05) is 29.4 Å². The highest BCUT2D eigenvalue weighted by molar-refractivity contribution is 5.97. The Balaban J connectivity index is 0.00000132. The van der Waals surface area contributed by atoms with Crippen molar-refractivity contribution in [1.82, 2.24) is 0 Å². The molecule has 1 atom stereocenters. The van der Waals surface area contributed by atoms with Crippen molar-refractivity contribution in [3.05, 3.63) is 24.3 Å². The largest absolute Gasteiger partial charge is 0.368 e. The lowest BCUT2D eigenvalue weighted by molar-refractivity contribution is -0.118. The van der Waals surface area contributed by atoms with Crippen molar-refractivity contribution >= 4 is 42.1 Å². The molecule has 2 N–H and O–H groups in total. The Kier molecular flexibility index (Phi) is 7.65. The van der Waals surface area contributed by atoms with E-state index in [0.29, 0.717) is 6.42 Å². The fourth-order valence-electron chi connectivity index (χ4n) is 2.97. The Labute approximate surface area is 151 Å². The standard InChI is InChI=1S/C17H25N3O.2ClH/c1-13(18)6-9-17(21)20-11-10-19(12-14-7-8-14)15-4-2-3-5-16(15)20;;/h2-5,13-14H,6-12,18H2,1H3;2*1H. The zero-order valence-corrected chi connectivity index (χ0v) is 15.2. The van der Waals surface area contributed by atoms with Crippen LogP contribution in [0.25, 0.3) is 0 Å². The van der Waals surface area contributed by atoms with Crippen LogP contribution in [0.15, 0.2) is 24.3 Å². The van der Waals surface area contributed by atoms with E-state index in [9.17, 15) is 4.79 Å². The summed E-state index contributed by atoms with van der Waals surface area (Å²) in [4.78, 5) is 16.9. The average molecular weight is 360 g/mol. The van der Waals surface area contributed by atoms with Gasteiger partial charge in [0, 0.05) is 32.1 Å². The zero-order chi connectivity index (χ0) is 14.8. The number of hydrogen-bond donors (Lipinski definition) is 1. The van der Waals surface area contributed by atoms with Crippen LogP contribution in [0.3, 0.4) is 0 Å². The van der Waals surface area contributed by atoms with Gasteiger partial charge in [0.15, 0.2) is 0 Å². The third-order valence-corrected chi connectivity index (χ3v) is 4.40. The van der Waals surface area contributed by atoms with Gasteiger partial charge in [-0.05, 0) is 44.2 Å². The molecule has 1 fully saturated rings. The van der Waals surface area contributed by atoms with Crippen molar-refractivity contribution < 1.29 is 4.79 Å². The smallest absolute Gasteiger partial charge is 0.227 e. The second-order valence-corrected chi connectivity index (χ2v) is 6.44. The van der Waals surface area contributed by atoms with Gasteiger partial charge in [-0.1, -0.05) is 12.1 Å². The molecule has 1 saturated carbocycles. The van der Waals surface area contributed by atoms with Crippen molar-refractivity contribution in [2.45, 2.75) is 38.6 Å². The quantitative estimate of drug-likeness (QED) is 0.877. The SMILES string of the molecule is CC(N)CCC(=O)N1CCN(CC2CC2)c2ccccc21.Cl.Cl. The van der Waals surface area contributed by atoms with Gasteiger partial charge in [0.1, 0.15) is 0 Å². The number of nitrogens with zero attached hydrogens (tertiary/aromatic N) is 2. The van der Waals surface area contributed by atoms with Crippen LogP contribution in [0.4, 0.5) is 11.4 Å². The first-order valence-corrected chi connectivity index (χ1v) is 8.05. The fourth-order valence-corrected chi connectivity index (χ4v) is 2.97. The van der Waals surface area contributed by atoms with E-state index in [4.69, 9.17) is 5.73 Å². The highest BCUT2D eigenvalue weighted by Crippen LogP contribution is 2.37. The maximum atomic E-state index is 12.5. The molecular weight excluding hydrogens is 333 g/mol. The summed E-state index contributed by atoms with van der Waals surface area (Å²) in [6, 6.07) is 8.38. The van der Waals surface area contributed by atoms with E-state index in [1.54, 1.807) is 0 Å². The number of fused-ring (bicyclic) bond motifs is 1. The Morgan fingerprint density at radius 2 is 1.87 bits per heavy atom. The van der Waals surface area contributed by atoms with E-state index >= 15 is 0 Å². The number of carbonyl (C=O) groups is 1. The van der Waals surface area contributed by atoms with Crippen LogP contribution in [-0.2, 0) is 4.79 Å². The molecule has 1 aliphatic carbocycles. The van der Waals surface area contributed by atoms with Gasteiger partial charge in [-0.15, -0.1) is 24.8 Å². The average Bonchev–Trinajstić information content (AvgIpc) is 3.29. The summed E-state index contributed by atoms with van der Waals surface area (Å²) < 4.78 is 0. The van der Waals surface area contributed by atoms with Crippen LogP contribution in [0.1, 0.15) is 32.6 Å². The molecular formula is C17H27Cl2N3O. The molecule has 23 heavy (non-hydrogen) atoms. The third-order valence-electron chi connectivity index (χ3n) is 4.40. The monoisotopic (exact) mass is 359 g/mol. The van der Waals surface area contributed by atoms with E-state index in [0.717, 1.165) is 37.7 Å². The number of para-hydroxylation sites is 2. The van der Waals surface area contributed by atoms with Crippen molar-refractivity contribution in [3.8, 4) is 0 Å². The Morgan fingerprint density at radius 1 is 1.22 bits per heavy atom. The number of halogens is 2. The summed E-state index contributed by atoms with van der Waals surface area (Å²) in [5, 5.41) is 0. The summed E-state index contributed by atoms with van der Waals surface area (Å²) in [6.45, 7) is 4.83. The predicted octanol–water partition coefficient (Wildman–Crippen LogP) is 3.22. The fraction of sp³-hybridized carbons (Fsp3) is 0.588. The summed E-state index contributed by atoms with van der Waals surface area (Å²) in [7, 11) is 0. The number of carbonyl (C=O) groups excluding carboxylic acids is 1. The maximum Gasteiger partial charge on any atom is 0.227 e. The second-order valence-electron chi connectivity index (χ2n) is 6.44. The third kappa shape index (κ3) is 5.00. The van der Waals surface area contributed by atoms with Gasteiger partial charge >= 0.3 is 0 Å². The molecule has 0 spiro atoms.